The molecule has 0 radical (unpaired) electrons. The molecule has 1 aliphatic rings. The first-order valence-electron chi connectivity index (χ1n) is 9.19. The van der Waals surface area contributed by atoms with Crippen LogP contribution < -0.4 is 10.2 Å². The smallest absolute Gasteiger partial charge is 0.277 e. The maximum absolute atomic E-state index is 12.2. The molecule has 140 valence electrons. The highest BCUT2D eigenvalue weighted by Crippen LogP contribution is 2.28. The SMILES string of the molecule is C=C(C)[C@H]1CC=C(C)/C(=N\NC(=O)COc2cc(C)ccc2C(C)C)C1. The fourth-order valence-corrected chi connectivity index (χ4v) is 2.97. The molecule has 0 saturated carbocycles. The predicted molar refractivity (Wildman–Crippen MR) is 108 cm³/mol. The number of nitrogens with one attached hydrogen (secondary N) is 1. The van der Waals surface area contributed by atoms with E-state index in [1.54, 1.807) is 0 Å². The van der Waals surface area contributed by atoms with Crippen molar-refractivity contribution in [2.45, 2.75) is 53.4 Å². The van der Waals surface area contributed by atoms with Crippen molar-refractivity contribution in [2.75, 3.05) is 6.61 Å². The third-order valence-electron chi connectivity index (χ3n) is 4.77. The number of aryl methyl sites for hydroxylation is 1. The van der Waals surface area contributed by atoms with Crippen molar-refractivity contribution >= 4 is 11.6 Å². The number of allylic oxidation sites excluding steroid dienone is 3. The molecule has 0 aromatic heterocycles. The van der Waals surface area contributed by atoms with Crippen LogP contribution in [0.2, 0.25) is 0 Å². The van der Waals surface area contributed by atoms with E-state index < -0.39 is 0 Å². The molecule has 1 N–H and O–H groups in total. The Morgan fingerprint density at radius 3 is 2.77 bits per heavy atom. The van der Waals surface area contributed by atoms with Crippen LogP contribution in [0.3, 0.4) is 0 Å². The molecule has 4 heteroatoms. The monoisotopic (exact) mass is 354 g/mol. The van der Waals surface area contributed by atoms with Gasteiger partial charge in [-0.2, -0.15) is 5.10 Å². The molecule has 0 aliphatic heterocycles. The molecular weight excluding hydrogens is 324 g/mol. The summed E-state index contributed by atoms with van der Waals surface area (Å²) in [7, 11) is 0. The number of hydrazone groups is 1. The number of nitrogens with zero attached hydrogens (tertiary/aromatic N) is 1. The molecule has 4 nitrogen and oxygen atoms in total. The van der Waals surface area contributed by atoms with E-state index in [1.807, 2.05) is 26.8 Å². The van der Waals surface area contributed by atoms with Crippen LogP contribution in [-0.2, 0) is 4.79 Å². The van der Waals surface area contributed by atoms with Gasteiger partial charge in [0, 0.05) is 0 Å². The van der Waals surface area contributed by atoms with Crippen molar-refractivity contribution < 1.29 is 9.53 Å². The minimum Gasteiger partial charge on any atom is -0.483 e. The number of hydrogen-bond donors (Lipinski definition) is 1. The van der Waals surface area contributed by atoms with Gasteiger partial charge in [0.2, 0.25) is 0 Å². The first-order valence-corrected chi connectivity index (χ1v) is 9.19. The summed E-state index contributed by atoms with van der Waals surface area (Å²) in [5.41, 5.74) is 8.02. The molecule has 0 fully saturated rings. The van der Waals surface area contributed by atoms with Crippen molar-refractivity contribution in [2.24, 2.45) is 11.0 Å². The van der Waals surface area contributed by atoms with Crippen LogP contribution in [0.1, 0.15) is 57.6 Å². The van der Waals surface area contributed by atoms with E-state index in [4.69, 9.17) is 4.74 Å². The Hall–Kier alpha value is -2.36. The Balaban J connectivity index is 1.97. The lowest BCUT2D eigenvalue weighted by molar-refractivity contribution is -0.123. The Labute approximate surface area is 157 Å². The van der Waals surface area contributed by atoms with Gasteiger partial charge in [0.25, 0.3) is 5.91 Å². The van der Waals surface area contributed by atoms with E-state index >= 15 is 0 Å². The quantitative estimate of drug-likeness (QED) is 0.583. The van der Waals surface area contributed by atoms with E-state index in [1.165, 1.54) is 0 Å². The highest BCUT2D eigenvalue weighted by Gasteiger charge is 2.19. The standard InChI is InChI=1S/C22H30N2O2/c1-14(2)18-9-8-17(6)20(12-18)23-24-22(25)13-26-21-11-16(5)7-10-19(21)15(3)4/h7-8,10-11,15,18H,1,9,12-13H2,2-6H3,(H,24,25)/b23-20-/t18-/m0/s1. The van der Waals surface area contributed by atoms with Gasteiger partial charge in [-0.25, -0.2) is 5.43 Å². The van der Waals surface area contributed by atoms with E-state index in [2.05, 4.69) is 49.2 Å². The van der Waals surface area contributed by atoms with Gasteiger partial charge >= 0.3 is 0 Å². The molecule has 1 aromatic carbocycles. The lowest BCUT2D eigenvalue weighted by Crippen LogP contribution is -2.27. The van der Waals surface area contributed by atoms with Gasteiger partial charge in [-0.3, -0.25) is 4.79 Å². The molecule has 0 spiro atoms. The molecule has 0 bridgehead atoms. The minimum absolute atomic E-state index is 0.0490. The second-order valence-electron chi connectivity index (χ2n) is 7.45. The van der Waals surface area contributed by atoms with Crippen molar-refractivity contribution in [1.82, 2.24) is 5.43 Å². The molecule has 0 unspecified atom stereocenters. The van der Waals surface area contributed by atoms with Gasteiger partial charge in [0.05, 0.1) is 5.71 Å². The Kier molecular flexibility index (Phi) is 6.78. The lowest BCUT2D eigenvalue weighted by Gasteiger charge is -2.22. The van der Waals surface area contributed by atoms with Crippen LogP contribution in [0.4, 0.5) is 0 Å². The van der Waals surface area contributed by atoms with E-state index in [0.717, 1.165) is 46.6 Å². The summed E-state index contributed by atoms with van der Waals surface area (Å²) in [5.74, 6) is 1.24. The van der Waals surface area contributed by atoms with Gasteiger partial charge in [0.15, 0.2) is 6.61 Å². The van der Waals surface area contributed by atoms with Crippen LogP contribution >= 0.6 is 0 Å². The average Bonchev–Trinajstić information content (AvgIpc) is 2.58. The highest BCUT2D eigenvalue weighted by molar-refractivity contribution is 6.01. The molecule has 1 aromatic rings. The maximum atomic E-state index is 12.2. The first kappa shape index (κ1) is 20.0. The van der Waals surface area contributed by atoms with Gasteiger partial charge in [-0.15, -0.1) is 0 Å². The van der Waals surface area contributed by atoms with Crippen molar-refractivity contribution in [3.8, 4) is 5.75 Å². The number of benzene rings is 1. The normalized spacial score (nSPS) is 18.6. The summed E-state index contributed by atoms with van der Waals surface area (Å²) in [6, 6.07) is 6.09. The highest BCUT2D eigenvalue weighted by atomic mass is 16.5. The Bertz CT molecular complexity index is 745. The molecule has 1 atom stereocenters. The van der Waals surface area contributed by atoms with Crippen LogP contribution in [0.5, 0.6) is 5.75 Å². The molecule has 1 aliphatic carbocycles. The summed E-state index contributed by atoms with van der Waals surface area (Å²) in [5, 5.41) is 4.31. The second kappa shape index (κ2) is 8.84. The number of rotatable bonds is 6. The number of carbonyl (C=O) groups is 1. The summed E-state index contributed by atoms with van der Waals surface area (Å²) in [6.45, 7) is 14.3. The third-order valence-corrected chi connectivity index (χ3v) is 4.77. The van der Waals surface area contributed by atoms with Crippen molar-refractivity contribution in [3.05, 3.63) is 53.1 Å². The molecule has 2 rings (SSSR count). The summed E-state index contributed by atoms with van der Waals surface area (Å²) >= 11 is 0. The second-order valence-corrected chi connectivity index (χ2v) is 7.45. The number of carbonyl (C=O) groups excluding carboxylic acids is 1. The van der Waals surface area contributed by atoms with Crippen molar-refractivity contribution in [3.63, 3.8) is 0 Å². The van der Waals surface area contributed by atoms with E-state index in [0.29, 0.717) is 11.8 Å². The summed E-state index contributed by atoms with van der Waals surface area (Å²) in [4.78, 5) is 12.2. The molecule has 1 amide bonds. The van der Waals surface area contributed by atoms with Crippen LogP contribution in [0, 0.1) is 12.8 Å². The van der Waals surface area contributed by atoms with Crippen LogP contribution in [0.25, 0.3) is 0 Å². The Morgan fingerprint density at radius 1 is 1.38 bits per heavy atom. The van der Waals surface area contributed by atoms with Gasteiger partial charge in [-0.1, -0.05) is 44.2 Å². The third kappa shape index (κ3) is 5.32. The fourth-order valence-electron chi connectivity index (χ4n) is 2.97. The Morgan fingerprint density at radius 2 is 2.12 bits per heavy atom. The van der Waals surface area contributed by atoms with Gasteiger partial charge in [-0.05, 0) is 68.2 Å². The average molecular weight is 354 g/mol. The number of amides is 1. The fraction of sp³-hybridized carbons (Fsp3) is 0.455. The maximum Gasteiger partial charge on any atom is 0.277 e. The minimum atomic E-state index is -0.251. The van der Waals surface area contributed by atoms with Crippen LogP contribution in [0.15, 0.2) is 47.1 Å². The number of hydrogen-bond acceptors (Lipinski definition) is 3. The topological polar surface area (TPSA) is 50.7 Å². The molecular formula is C22H30N2O2. The lowest BCUT2D eigenvalue weighted by atomic mass is 9.85. The zero-order valence-electron chi connectivity index (χ0n) is 16.6. The number of ether oxygens (including phenoxy) is 1. The van der Waals surface area contributed by atoms with E-state index in [9.17, 15) is 4.79 Å². The zero-order valence-corrected chi connectivity index (χ0v) is 16.6. The predicted octanol–water partition coefficient (Wildman–Crippen LogP) is 4.90. The first-order chi connectivity index (χ1) is 12.3. The van der Waals surface area contributed by atoms with Crippen molar-refractivity contribution in [1.29, 1.82) is 0 Å². The largest absolute Gasteiger partial charge is 0.483 e. The summed E-state index contributed by atoms with van der Waals surface area (Å²) < 4.78 is 5.76. The van der Waals surface area contributed by atoms with E-state index in [-0.39, 0.29) is 12.5 Å². The summed E-state index contributed by atoms with van der Waals surface area (Å²) in [6.07, 6.45) is 3.96. The zero-order chi connectivity index (χ0) is 19.3. The molecule has 0 saturated heterocycles. The van der Waals surface area contributed by atoms with Gasteiger partial charge in [0.1, 0.15) is 5.75 Å². The van der Waals surface area contributed by atoms with Crippen LogP contribution in [-0.4, -0.2) is 18.2 Å². The van der Waals surface area contributed by atoms with Gasteiger partial charge < -0.3 is 4.74 Å². The molecule has 26 heavy (non-hydrogen) atoms. The molecule has 0 heterocycles.